The zero-order valence-electron chi connectivity index (χ0n) is 22.9. The number of allylic oxidation sites excluding steroid dienone is 1. The molecule has 38 heavy (non-hydrogen) atoms. The Balaban J connectivity index is 1.86. The van der Waals surface area contributed by atoms with E-state index in [4.69, 9.17) is 14.5 Å². The number of methoxy groups -OCH3 is 1. The van der Waals surface area contributed by atoms with E-state index in [0.29, 0.717) is 52.0 Å². The number of ether oxygens (including phenoxy) is 2. The Morgan fingerprint density at radius 2 is 1.82 bits per heavy atom. The molecule has 4 rings (SSSR count). The van der Waals surface area contributed by atoms with Crippen LogP contribution in [-0.2, 0) is 4.79 Å². The summed E-state index contributed by atoms with van der Waals surface area (Å²) in [6.45, 7) is 11.7. The van der Waals surface area contributed by atoms with Gasteiger partial charge in [-0.15, -0.1) is 0 Å². The van der Waals surface area contributed by atoms with Crippen molar-refractivity contribution in [3.63, 3.8) is 0 Å². The highest BCUT2D eigenvalue weighted by atomic mass is 32.1. The van der Waals surface area contributed by atoms with Crippen molar-refractivity contribution in [3.05, 3.63) is 90.6 Å². The number of hydrogen-bond donors (Lipinski definition) is 0. The van der Waals surface area contributed by atoms with Gasteiger partial charge < -0.3 is 14.4 Å². The maximum absolute atomic E-state index is 13.9. The van der Waals surface area contributed by atoms with Crippen LogP contribution >= 0.6 is 11.3 Å². The number of fused-ring (bicyclic) bond motifs is 1. The van der Waals surface area contributed by atoms with Gasteiger partial charge in [-0.25, -0.2) is 4.99 Å². The normalized spacial score (nSPS) is 15.3. The van der Waals surface area contributed by atoms with E-state index in [1.807, 2.05) is 75.4 Å². The summed E-state index contributed by atoms with van der Waals surface area (Å²) in [4.78, 5) is 34.7. The van der Waals surface area contributed by atoms with Gasteiger partial charge in [-0.2, -0.15) is 0 Å². The van der Waals surface area contributed by atoms with E-state index in [0.717, 1.165) is 16.9 Å². The number of para-hydroxylation sites is 1. The lowest BCUT2D eigenvalue weighted by Crippen LogP contribution is -2.43. The fraction of sp³-hybridized carbons (Fsp3) is 0.367. The first-order chi connectivity index (χ1) is 18.3. The lowest BCUT2D eigenvalue weighted by Gasteiger charge is -2.29. The Kier molecular flexibility index (Phi) is 8.52. The number of hydrogen-bond acceptors (Lipinski definition) is 6. The first kappa shape index (κ1) is 27.4. The van der Waals surface area contributed by atoms with Gasteiger partial charge in [0.25, 0.3) is 11.5 Å². The van der Waals surface area contributed by atoms with Crippen molar-refractivity contribution < 1.29 is 14.3 Å². The number of benzene rings is 2. The van der Waals surface area contributed by atoms with Crippen LogP contribution in [0.3, 0.4) is 0 Å². The minimum atomic E-state index is -0.649. The predicted molar refractivity (Wildman–Crippen MR) is 151 cm³/mol. The fourth-order valence-electron chi connectivity index (χ4n) is 4.54. The molecular formula is C30H35N3O4S. The van der Waals surface area contributed by atoms with Crippen molar-refractivity contribution in [2.75, 3.05) is 26.8 Å². The zero-order valence-corrected chi connectivity index (χ0v) is 23.7. The lowest BCUT2D eigenvalue weighted by atomic mass is 9.94. The summed E-state index contributed by atoms with van der Waals surface area (Å²) >= 11 is 1.32. The topological polar surface area (TPSA) is 73.1 Å². The Bertz CT molecular complexity index is 1510. The quantitative estimate of drug-likeness (QED) is 0.414. The molecule has 0 fully saturated rings. The smallest absolute Gasteiger partial charge is 0.271 e. The minimum absolute atomic E-state index is 0.126. The maximum Gasteiger partial charge on any atom is 0.271 e. The molecule has 0 spiro atoms. The molecule has 1 amide bonds. The standard InChI is InChI=1S/C30H35N3O4S/c1-7-32(8-2)29(35)26-20(5)31-30-33(27(26)23-11-9-10-12-24(23)36-6)28(34)25(38-30)17-21-13-15-22(16-14-21)37-18-19(3)4/h9-17,19,27H,7-8,18H2,1-6H3/b25-17-/t27-/m1/s1. The summed E-state index contributed by atoms with van der Waals surface area (Å²) in [5, 5.41) is 0. The Hall–Kier alpha value is -3.65. The summed E-state index contributed by atoms with van der Waals surface area (Å²) < 4.78 is 13.6. The van der Waals surface area contributed by atoms with Crippen LogP contribution in [0.25, 0.3) is 6.08 Å². The fourth-order valence-corrected chi connectivity index (χ4v) is 5.58. The molecule has 1 aromatic heterocycles. The Morgan fingerprint density at radius 3 is 2.45 bits per heavy atom. The molecule has 200 valence electrons. The first-order valence-electron chi connectivity index (χ1n) is 13.0. The van der Waals surface area contributed by atoms with Gasteiger partial charge in [-0.3, -0.25) is 14.2 Å². The van der Waals surface area contributed by atoms with Gasteiger partial charge in [0.15, 0.2) is 4.80 Å². The average molecular weight is 534 g/mol. The summed E-state index contributed by atoms with van der Waals surface area (Å²) in [7, 11) is 1.60. The van der Waals surface area contributed by atoms with Crippen molar-refractivity contribution in [3.8, 4) is 11.5 Å². The number of likely N-dealkylation sites (N-methyl/N-ethyl adjacent to an activating group) is 1. The van der Waals surface area contributed by atoms with Gasteiger partial charge >= 0.3 is 0 Å². The van der Waals surface area contributed by atoms with Gasteiger partial charge in [0.05, 0.1) is 29.5 Å². The number of carbonyl (C=O) groups excluding carboxylic acids is 1. The summed E-state index contributed by atoms with van der Waals surface area (Å²) in [6.07, 6.45) is 1.86. The Morgan fingerprint density at radius 1 is 1.13 bits per heavy atom. The number of rotatable bonds is 9. The van der Waals surface area contributed by atoms with E-state index >= 15 is 0 Å². The molecule has 1 aliphatic rings. The molecule has 0 bridgehead atoms. The van der Waals surface area contributed by atoms with E-state index < -0.39 is 6.04 Å². The molecule has 0 saturated heterocycles. The molecule has 3 aromatic rings. The van der Waals surface area contributed by atoms with E-state index in [2.05, 4.69) is 13.8 Å². The monoisotopic (exact) mass is 533 g/mol. The molecule has 0 aliphatic carbocycles. The third-order valence-electron chi connectivity index (χ3n) is 6.50. The van der Waals surface area contributed by atoms with Crippen LogP contribution in [-0.4, -0.2) is 42.2 Å². The number of thiazole rings is 1. The van der Waals surface area contributed by atoms with E-state index in [1.165, 1.54) is 11.3 Å². The van der Waals surface area contributed by atoms with Crippen LogP contribution in [0.15, 0.2) is 69.6 Å². The second-order valence-electron chi connectivity index (χ2n) is 9.58. The third-order valence-corrected chi connectivity index (χ3v) is 7.48. The Labute approximate surface area is 227 Å². The molecule has 0 saturated carbocycles. The van der Waals surface area contributed by atoms with Crippen molar-refractivity contribution in [1.82, 2.24) is 9.47 Å². The number of amides is 1. The van der Waals surface area contributed by atoms with Crippen LogP contribution in [0.4, 0.5) is 0 Å². The molecule has 1 atom stereocenters. The minimum Gasteiger partial charge on any atom is -0.496 e. The van der Waals surface area contributed by atoms with Crippen LogP contribution in [0, 0.1) is 5.92 Å². The summed E-state index contributed by atoms with van der Waals surface area (Å²) in [5.41, 5.74) is 2.54. The van der Waals surface area contributed by atoms with E-state index in [1.54, 1.807) is 16.6 Å². The molecule has 2 heterocycles. The van der Waals surface area contributed by atoms with E-state index in [9.17, 15) is 9.59 Å². The molecule has 7 nitrogen and oxygen atoms in total. The lowest BCUT2D eigenvalue weighted by molar-refractivity contribution is -0.127. The second kappa shape index (κ2) is 11.8. The third kappa shape index (κ3) is 5.45. The first-order valence-corrected chi connectivity index (χ1v) is 13.8. The van der Waals surface area contributed by atoms with Crippen LogP contribution < -0.4 is 24.4 Å². The number of carbonyl (C=O) groups is 1. The van der Waals surface area contributed by atoms with Crippen molar-refractivity contribution in [2.45, 2.75) is 40.7 Å². The van der Waals surface area contributed by atoms with Crippen molar-refractivity contribution >= 4 is 23.3 Å². The van der Waals surface area contributed by atoms with Gasteiger partial charge in [0.1, 0.15) is 17.5 Å². The SMILES string of the molecule is CCN(CC)C(=O)C1=C(C)N=c2s/c(=C\c3ccc(OCC(C)C)cc3)c(=O)n2[C@@H]1c1ccccc1OC. The number of nitrogens with zero attached hydrogens (tertiary/aromatic N) is 3. The highest BCUT2D eigenvalue weighted by Crippen LogP contribution is 2.36. The van der Waals surface area contributed by atoms with Gasteiger partial charge in [0, 0.05) is 18.7 Å². The zero-order chi connectivity index (χ0) is 27.4. The molecule has 2 aromatic carbocycles. The van der Waals surface area contributed by atoms with Crippen LogP contribution in [0.2, 0.25) is 0 Å². The molecule has 0 radical (unpaired) electrons. The molecule has 8 heteroatoms. The second-order valence-corrected chi connectivity index (χ2v) is 10.6. The van der Waals surface area contributed by atoms with Crippen LogP contribution in [0.5, 0.6) is 11.5 Å². The molecule has 0 N–H and O–H groups in total. The van der Waals surface area contributed by atoms with Gasteiger partial charge in [-0.1, -0.05) is 55.5 Å². The average Bonchev–Trinajstić information content (AvgIpc) is 3.22. The summed E-state index contributed by atoms with van der Waals surface area (Å²) in [5.74, 6) is 1.72. The van der Waals surface area contributed by atoms with E-state index in [-0.39, 0.29) is 11.5 Å². The molecule has 1 aliphatic heterocycles. The molecular weight excluding hydrogens is 498 g/mol. The largest absolute Gasteiger partial charge is 0.496 e. The van der Waals surface area contributed by atoms with Crippen LogP contribution in [0.1, 0.15) is 51.8 Å². The predicted octanol–water partition coefficient (Wildman–Crippen LogP) is 4.15. The summed E-state index contributed by atoms with van der Waals surface area (Å²) in [6, 6.07) is 14.6. The highest BCUT2D eigenvalue weighted by Gasteiger charge is 2.35. The number of aromatic nitrogens is 1. The van der Waals surface area contributed by atoms with Gasteiger partial charge in [-0.05, 0) is 56.5 Å². The van der Waals surface area contributed by atoms with Crippen molar-refractivity contribution in [1.29, 1.82) is 0 Å². The van der Waals surface area contributed by atoms with Crippen molar-refractivity contribution in [2.24, 2.45) is 10.9 Å². The maximum atomic E-state index is 13.9. The molecule has 0 unspecified atom stereocenters. The highest BCUT2D eigenvalue weighted by molar-refractivity contribution is 7.07. The van der Waals surface area contributed by atoms with Gasteiger partial charge in [0.2, 0.25) is 0 Å².